The fourth-order valence-electron chi connectivity index (χ4n) is 2.31. The maximum Gasteiger partial charge on any atom is 0.239 e. The van der Waals surface area contributed by atoms with E-state index in [0.717, 1.165) is 11.3 Å². The number of carbonyl (C=O) groups excluding carboxylic acids is 1. The van der Waals surface area contributed by atoms with Crippen molar-refractivity contribution >= 4 is 23.2 Å². The van der Waals surface area contributed by atoms with E-state index < -0.39 is 0 Å². The minimum atomic E-state index is -0.144. The molecular formula is C17H17ClN2O4. The minimum Gasteiger partial charge on any atom is -0.495 e. The Hall–Kier alpha value is -2.60. The summed E-state index contributed by atoms with van der Waals surface area (Å²) in [6.45, 7) is 0.752. The monoisotopic (exact) mass is 348 g/mol. The largest absolute Gasteiger partial charge is 0.495 e. The number of halogens is 1. The van der Waals surface area contributed by atoms with Gasteiger partial charge < -0.3 is 24.8 Å². The molecule has 126 valence electrons. The van der Waals surface area contributed by atoms with Crippen molar-refractivity contribution in [2.75, 3.05) is 25.8 Å². The van der Waals surface area contributed by atoms with Gasteiger partial charge in [-0.2, -0.15) is 0 Å². The van der Waals surface area contributed by atoms with Crippen LogP contribution in [0.5, 0.6) is 17.2 Å². The van der Waals surface area contributed by atoms with Gasteiger partial charge in [-0.05, 0) is 35.9 Å². The predicted octanol–water partition coefficient (Wildman–Crippen LogP) is 2.81. The highest BCUT2D eigenvalue weighted by Crippen LogP contribution is 2.32. The number of hydrogen-bond acceptors (Lipinski definition) is 5. The average molecular weight is 349 g/mol. The van der Waals surface area contributed by atoms with Crippen molar-refractivity contribution in [2.24, 2.45) is 0 Å². The maximum atomic E-state index is 12.0. The third-order valence-electron chi connectivity index (χ3n) is 3.53. The molecule has 0 aromatic heterocycles. The molecule has 1 aliphatic heterocycles. The zero-order chi connectivity index (χ0) is 16.9. The number of benzene rings is 2. The van der Waals surface area contributed by atoms with Crippen molar-refractivity contribution in [3.8, 4) is 17.2 Å². The average Bonchev–Trinajstić information content (AvgIpc) is 3.06. The molecule has 2 aromatic carbocycles. The van der Waals surface area contributed by atoms with Crippen LogP contribution in [0.1, 0.15) is 5.56 Å². The van der Waals surface area contributed by atoms with Gasteiger partial charge in [-0.3, -0.25) is 4.79 Å². The second-order valence-electron chi connectivity index (χ2n) is 5.16. The lowest BCUT2D eigenvalue weighted by atomic mass is 10.2. The van der Waals surface area contributed by atoms with Gasteiger partial charge >= 0.3 is 0 Å². The van der Waals surface area contributed by atoms with Crippen LogP contribution in [0.3, 0.4) is 0 Å². The summed E-state index contributed by atoms with van der Waals surface area (Å²) in [7, 11) is 1.56. The number of hydrogen-bond donors (Lipinski definition) is 2. The Morgan fingerprint density at radius 3 is 2.88 bits per heavy atom. The molecule has 1 aliphatic rings. The van der Waals surface area contributed by atoms with Gasteiger partial charge in [0.2, 0.25) is 12.7 Å². The molecule has 0 bridgehead atoms. The first-order valence-corrected chi connectivity index (χ1v) is 7.76. The zero-order valence-corrected chi connectivity index (χ0v) is 13.9. The molecule has 1 heterocycles. The normalized spacial score (nSPS) is 11.9. The molecular weight excluding hydrogens is 332 g/mol. The van der Waals surface area contributed by atoms with Crippen LogP contribution in [0.15, 0.2) is 36.4 Å². The molecule has 0 spiro atoms. The van der Waals surface area contributed by atoms with Crippen LogP contribution in [0.4, 0.5) is 5.69 Å². The van der Waals surface area contributed by atoms with Gasteiger partial charge in [0.15, 0.2) is 11.5 Å². The molecule has 24 heavy (non-hydrogen) atoms. The summed E-state index contributed by atoms with van der Waals surface area (Å²) in [5.74, 6) is 1.90. The van der Waals surface area contributed by atoms with E-state index in [4.69, 9.17) is 25.8 Å². The molecule has 0 saturated heterocycles. The van der Waals surface area contributed by atoms with E-state index in [1.807, 2.05) is 18.2 Å². The summed E-state index contributed by atoms with van der Waals surface area (Å²) < 4.78 is 15.8. The first kappa shape index (κ1) is 16.3. The third kappa shape index (κ3) is 3.83. The maximum absolute atomic E-state index is 12.0. The quantitative estimate of drug-likeness (QED) is 0.840. The molecule has 0 radical (unpaired) electrons. The summed E-state index contributed by atoms with van der Waals surface area (Å²) in [6, 6.07) is 10.8. The molecule has 6 nitrogen and oxygen atoms in total. The second-order valence-corrected chi connectivity index (χ2v) is 5.60. The van der Waals surface area contributed by atoms with Gasteiger partial charge in [0.05, 0.1) is 19.3 Å². The summed E-state index contributed by atoms with van der Waals surface area (Å²) in [5.41, 5.74) is 1.61. The van der Waals surface area contributed by atoms with Gasteiger partial charge in [-0.25, -0.2) is 0 Å². The zero-order valence-electron chi connectivity index (χ0n) is 13.1. The fraction of sp³-hybridized carbons (Fsp3) is 0.235. The Balaban J connectivity index is 1.52. The molecule has 7 heteroatoms. The summed E-state index contributed by atoms with van der Waals surface area (Å²) in [4.78, 5) is 12.0. The van der Waals surface area contributed by atoms with Crippen LogP contribution in [-0.2, 0) is 11.3 Å². The van der Waals surface area contributed by atoms with Gasteiger partial charge in [0.1, 0.15) is 5.75 Å². The smallest absolute Gasteiger partial charge is 0.239 e. The lowest BCUT2D eigenvalue weighted by Crippen LogP contribution is -2.29. The van der Waals surface area contributed by atoms with Crippen molar-refractivity contribution in [2.45, 2.75) is 6.54 Å². The number of rotatable bonds is 6. The van der Waals surface area contributed by atoms with Crippen LogP contribution in [0, 0.1) is 0 Å². The van der Waals surface area contributed by atoms with Gasteiger partial charge in [-0.15, -0.1) is 0 Å². The number of carbonyl (C=O) groups is 1. The Labute approximate surface area is 144 Å². The van der Waals surface area contributed by atoms with Gasteiger partial charge in [0.25, 0.3) is 0 Å². The van der Waals surface area contributed by atoms with E-state index in [2.05, 4.69) is 10.6 Å². The highest BCUT2D eigenvalue weighted by Gasteiger charge is 2.13. The summed E-state index contributed by atoms with van der Waals surface area (Å²) in [5, 5.41) is 6.43. The van der Waals surface area contributed by atoms with Crippen molar-refractivity contribution in [1.82, 2.24) is 5.32 Å². The lowest BCUT2D eigenvalue weighted by molar-refractivity contribution is -0.119. The molecule has 0 aliphatic carbocycles. The van der Waals surface area contributed by atoms with Crippen molar-refractivity contribution in [3.05, 3.63) is 47.0 Å². The van der Waals surface area contributed by atoms with Crippen LogP contribution >= 0.6 is 11.6 Å². The molecule has 0 saturated carbocycles. The lowest BCUT2D eigenvalue weighted by Gasteiger charge is -2.12. The third-order valence-corrected chi connectivity index (χ3v) is 3.76. The van der Waals surface area contributed by atoms with Crippen LogP contribution < -0.4 is 24.8 Å². The number of nitrogens with one attached hydrogen (secondary N) is 2. The number of ether oxygens (including phenoxy) is 3. The molecule has 2 N–H and O–H groups in total. The van der Waals surface area contributed by atoms with Gasteiger partial charge in [-0.1, -0.05) is 17.7 Å². The number of fused-ring (bicyclic) bond motifs is 1. The SMILES string of the molecule is COc1ccc(Cl)cc1NCC(=O)NCc1ccc2c(c1)OCO2. The minimum absolute atomic E-state index is 0.112. The Morgan fingerprint density at radius 2 is 2.04 bits per heavy atom. The Bertz CT molecular complexity index is 751. The first-order chi connectivity index (χ1) is 11.7. The van der Waals surface area contributed by atoms with Crippen molar-refractivity contribution < 1.29 is 19.0 Å². The van der Waals surface area contributed by atoms with E-state index >= 15 is 0 Å². The van der Waals surface area contributed by atoms with E-state index in [1.165, 1.54) is 0 Å². The molecule has 2 aromatic rings. The Kier molecular flexibility index (Phi) is 4.96. The molecule has 0 fully saturated rings. The number of methoxy groups -OCH3 is 1. The number of anilines is 1. The van der Waals surface area contributed by atoms with Gasteiger partial charge in [0, 0.05) is 11.6 Å². The van der Waals surface area contributed by atoms with Crippen LogP contribution in [-0.4, -0.2) is 26.4 Å². The first-order valence-electron chi connectivity index (χ1n) is 7.38. The van der Waals surface area contributed by atoms with E-state index in [0.29, 0.717) is 28.8 Å². The fourth-order valence-corrected chi connectivity index (χ4v) is 2.48. The highest BCUT2D eigenvalue weighted by atomic mass is 35.5. The Morgan fingerprint density at radius 1 is 1.21 bits per heavy atom. The molecule has 1 amide bonds. The number of amides is 1. The van der Waals surface area contributed by atoms with Crippen molar-refractivity contribution in [3.63, 3.8) is 0 Å². The van der Waals surface area contributed by atoms with Crippen LogP contribution in [0.2, 0.25) is 5.02 Å². The summed E-state index contributed by atoms with van der Waals surface area (Å²) in [6.07, 6.45) is 0. The molecule has 0 unspecified atom stereocenters. The molecule has 3 rings (SSSR count). The van der Waals surface area contributed by atoms with E-state index in [-0.39, 0.29) is 19.2 Å². The van der Waals surface area contributed by atoms with E-state index in [1.54, 1.807) is 25.3 Å². The van der Waals surface area contributed by atoms with Crippen molar-refractivity contribution in [1.29, 1.82) is 0 Å². The second kappa shape index (κ2) is 7.31. The highest BCUT2D eigenvalue weighted by molar-refractivity contribution is 6.30. The topological polar surface area (TPSA) is 68.8 Å². The standard InChI is InChI=1S/C17H17ClN2O4/c1-22-14-5-3-12(18)7-13(14)19-9-17(21)20-8-11-2-4-15-16(6-11)24-10-23-15/h2-7,19H,8-10H2,1H3,(H,20,21). The predicted molar refractivity (Wildman–Crippen MR) is 90.9 cm³/mol. The summed E-state index contributed by atoms with van der Waals surface area (Å²) >= 11 is 5.96. The van der Waals surface area contributed by atoms with E-state index in [9.17, 15) is 4.79 Å². The van der Waals surface area contributed by atoms with Crippen LogP contribution in [0.25, 0.3) is 0 Å². The molecule has 0 atom stereocenters.